The first-order chi connectivity index (χ1) is 9.13. The molecule has 0 spiro atoms. The van der Waals surface area contributed by atoms with Gasteiger partial charge >= 0.3 is 12.2 Å². The Bertz CT molecular complexity index is 383. The fourth-order valence-electron chi connectivity index (χ4n) is 1.75. The second-order valence-electron chi connectivity index (χ2n) is 4.89. The first kappa shape index (κ1) is 16.5. The number of ether oxygens (including phenoxy) is 1. The van der Waals surface area contributed by atoms with E-state index in [2.05, 4.69) is 10.6 Å². The normalized spacial score (nSPS) is 19.9. The maximum absolute atomic E-state index is 12.7. The van der Waals surface area contributed by atoms with Crippen molar-refractivity contribution >= 4 is 11.9 Å². The Labute approximate surface area is 114 Å². The molecule has 0 radical (unpaired) electrons. The fraction of sp³-hybridized carbons (Fsp3) is 0.818. The quantitative estimate of drug-likeness (QED) is 0.667. The Kier molecular flexibility index (Phi) is 4.85. The van der Waals surface area contributed by atoms with E-state index in [0.717, 1.165) is 0 Å². The number of carbonyl (C=O) groups excluding carboxylic acids is 2. The number of amides is 3. The molecule has 1 saturated carbocycles. The van der Waals surface area contributed by atoms with Gasteiger partial charge in [-0.25, -0.2) is 4.79 Å². The maximum Gasteiger partial charge on any atom is 0.396 e. The maximum atomic E-state index is 12.7. The summed E-state index contributed by atoms with van der Waals surface area (Å²) >= 11 is 0. The Hall–Kier alpha value is -1.51. The van der Waals surface area contributed by atoms with Gasteiger partial charge in [-0.3, -0.25) is 4.79 Å². The molecule has 4 N–H and O–H groups in total. The molecule has 1 aliphatic carbocycles. The van der Waals surface area contributed by atoms with E-state index in [0.29, 0.717) is 0 Å². The van der Waals surface area contributed by atoms with Crippen molar-refractivity contribution in [3.05, 3.63) is 0 Å². The largest absolute Gasteiger partial charge is 0.396 e. The monoisotopic (exact) mass is 297 g/mol. The van der Waals surface area contributed by atoms with Gasteiger partial charge in [0, 0.05) is 7.05 Å². The first-order valence-corrected chi connectivity index (χ1v) is 6.09. The predicted molar refractivity (Wildman–Crippen MR) is 63.7 cm³/mol. The van der Waals surface area contributed by atoms with Crippen LogP contribution >= 0.6 is 0 Å². The highest BCUT2D eigenvalue weighted by Crippen LogP contribution is 2.57. The third-order valence-corrected chi connectivity index (χ3v) is 3.37. The van der Waals surface area contributed by atoms with E-state index in [1.165, 1.54) is 14.0 Å². The van der Waals surface area contributed by atoms with E-state index >= 15 is 0 Å². The van der Waals surface area contributed by atoms with Crippen LogP contribution in [0.5, 0.6) is 0 Å². The Morgan fingerprint density at radius 2 is 1.95 bits per heavy atom. The Morgan fingerprint density at radius 3 is 2.30 bits per heavy atom. The van der Waals surface area contributed by atoms with E-state index < -0.39 is 42.3 Å². The molecule has 1 fully saturated rings. The van der Waals surface area contributed by atoms with Crippen LogP contribution in [0.4, 0.5) is 18.0 Å². The minimum atomic E-state index is -4.33. The molecule has 6 nitrogen and oxygen atoms in total. The average Bonchev–Trinajstić information content (AvgIpc) is 3.12. The van der Waals surface area contributed by atoms with Gasteiger partial charge in [-0.1, -0.05) is 0 Å². The number of primary amides is 1. The topological polar surface area (TPSA) is 93.5 Å². The molecule has 20 heavy (non-hydrogen) atoms. The Balaban J connectivity index is 2.61. The van der Waals surface area contributed by atoms with E-state index in [1.54, 1.807) is 0 Å². The number of rotatable bonds is 6. The van der Waals surface area contributed by atoms with Crippen LogP contribution in [-0.4, -0.2) is 43.9 Å². The van der Waals surface area contributed by atoms with Crippen molar-refractivity contribution in [3.8, 4) is 0 Å². The summed E-state index contributed by atoms with van der Waals surface area (Å²) in [4.78, 5) is 22.3. The van der Waals surface area contributed by atoms with Crippen LogP contribution in [0.2, 0.25) is 0 Å². The van der Waals surface area contributed by atoms with Crippen molar-refractivity contribution in [2.24, 2.45) is 11.1 Å². The van der Waals surface area contributed by atoms with Gasteiger partial charge in [-0.2, -0.15) is 13.2 Å². The minimum absolute atomic E-state index is 0.0110. The highest BCUT2D eigenvalue weighted by atomic mass is 19.4. The smallest absolute Gasteiger partial charge is 0.375 e. The molecular weight excluding hydrogens is 279 g/mol. The van der Waals surface area contributed by atoms with Gasteiger partial charge in [-0.15, -0.1) is 0 Å². The number of carbonyl (C=O) groups is 2. The summed E-state index contributed by atoms with van der Waals surface area (Å²) < 4.78 is 43.3. The number of nitrogens with two attached hydrogens (primary N) is 1. The molecule has 3 amide bonds. The molecule has 2 unspecified atom stereocenters. The second-order valence-corrected chi connectivity index (χ2v) is 4.89. The zero-order valence-electron chi connectivity index (χ0n) is 11.2. The van der Waals surface area contributed by atoms with Crippen molar-refractivity contribution in [2.75, 3.05) is 13.7 Å². The number of nitrogens with one attached hydrogen (secondary N) is 2. The number of urea groups is 1. The molecule has 9 heteroatoms. The molecule has 0 bridgehead atoms. The molecule has 1 rings (SSSR count). The molecule has 0 aromatic carbocycles. The van der Waals surface area contributed by atoms with Crippen LogP contribution in [0.1, 0.15) is 19.8 Å². The van der Waals surface area contributed by atoms with Crippen molar-refractivity contribution < 1.29 is 27.5 Å². The summed E-state index contributed by atoms with van der Waals surface area (Å²) in [6, 6.07) is -2.09. The number of alkyl halides is 3. The highest BCUT2D eigenvalue weighted by molar-refractivity contribution is 5.86. The molecule has 1 aliphatic rings. The highest BCUT2D eigenvalue weighted by Gasteiger charge is 2.63. The summed E-state index contributed by atoms with van der Waals surface area (Å²) in [5.41, 5.74) is 3.10. The summed E-state index contributed by atoms with van der Waals surface area (Å²) in [5.74, 6) is -0.590. The molecule has 2 atom stereocenters. The van der Waals surface area contributed by atoms with Gasteiger partial charge in [-0.05, 0) is 19.8 Å². The summed E-state index contributed by atoms with van der Waals surface area (Å²) in [7, 11) is 1.34. The van der Waals surface area contributed by atoms with Crippen LogP contribution in [0, 0.1) is 5.41 Å². The van der Waals surface area contributed by atoms with E-state index in [4.69, 9.17) is 10.5 Å². The average molecular weight is 297 g/mol. The van der Waals surface area contributed by atoms with Crippen LogP contribution in [0.3, 0.4) is 0 Å². The van der Waals surface area contributed by atoms with Crippen LogP contribution in [0.15, 0.2) is 0 Å². The number of hydrogen-bond acceptors (Lipinski definition) is 3. The van der Waals surface area contributed by atoms with E-state index in [1.807, 2.05) is 0 Å². The standard InChI is InChI=1S/C11H18F3N3O3/c1-6(7(8(18)16-2)17-9(15)19)20-5-10(3-4-10)11(12,13)14/h6-7H,3-5H2,1-2H3,(H,16,18)(H3,15,17,19). The SMILES string of the molecule is CNC(=O)C(NC(N)=O)C(C)OCC1(C(F)(F)F)CC1. The van der Waals surface area contributed by atoms with Crippen molar-refractivity contribution in [1.29, 1.82) is 0 Å². The van der Waals surface area contributed by atoms with Crippen molar-refractivity contribution in [2.45, 2.75) is 38.1 Å². The third-order valence-electron chi connectivity index (χ3n) is 3.37. The lowest BCUT2D eigenvalue weighted by molar-refractivity contribution is -0.205. The van der Waals surface area contributed by atoms with Gasteiger partial charge in [0.2, 0.25) is 5.91 Å². The summed E-state index contributed by atoms with van der Waals surface area (Å²) in [5, 5.41) is 4.43. The zero-order valence-corrected chi connectivity index (χ0v) is 11.2. The number of halogens is 3. The summed E-state index contributed by atoms with van der Waals surface area (Å²) in [6.07, 6.45) is -5.23. The van der Waals surface area contributed by atoms with Crippen molar-refractivity contribution in [1.82, 2.24) is 10.6 Å². The molecule has 0 aromatic heterocycles. The van der Waals surface area contributed by atoms with Gasteiger partial charge in [0.1, 0.15) is 6.04 Å². The van der Waals surface area contributed by atoms with Crippen LogP contribution in [-0.2, 0) is 9.53 Å². The van der Waals surface area contributed by atoms with Gasteiger partial charge in [0.25, 0.3) is 0 Å². The minimum Gasteiger partial charge on any atom is -0.375 e. The molecular formula is C11H18F3N3O3. The van der Waals surface area contributed by atoms with Crippen LogP contribution < -0.4 is 16.4 Å². The van der Waals surface area contributed by atoms with E-state index in [-0.39, 0.29) is 12.8 Å². The van der Waals surface area contributed by atoms with Crippen LogP contribution in [0.25, 0.3) is 0 Å². The lowest BCUT2D eigenvalue weighted by atomic mass is 10.1. The molecule has 0 heterocycles. The molecule has 0 aliphatic heterocycles. The zero-order chi connectivity index (χ0) is 15.6. The second kappa shape index (κ2) is 5.86. The predicted octanol–water partition coefficient (Wildman–Crippen LogP) is 0.517. The Morgan fingerprint density at radius 1 is 1.40 bits per heavy atom. The molecule has 0 saturated heterocycles. The van der Waals surface area contributed by atoms with Gasteiger partial charge < -0.3 is 21.1 Å². The lowest BCUT2D eigenvalue weighted by Crippen LogP contribution is -2.54. The number of likely N-dealkylation sites (N-methyl/N-ethyl adjacent to an activating group) is 1. The number of hydrogen-bond donors (Lipinski definition) is 3. The fourth-order valence-corrected chi connectivity index (χ4v) is 1.75. The molecule has 116 valence electrons. The van der Waals surface area contributed by atoms with E-state index in [9.17, 15) is 22.8 Å². The molecule has 0 aromatic rings. The lowest BCUT2D eigenvalue weighted by Gasteiger charge is -2.26. The first-order valence-electron chi connectivity index (χ1n) is 6.09. The van der Waals surface area contributed by atoms with Gasteiger partial charge in [0.15, 0.2) is 0 Å². The summed E-state index contributed by atoms with van der Waals surface area (Å²) in [6.45, 7) is 0.869. The van der Waals surface area contributed by atoms with Gasteiger partial charge in [0.05, 0.1) is 18.1 Å². The van der Waals surface area contributed by atoms with Crippen molar-refractivity contribution in [3.63, 3.8) is 0 Å². The third kappa shape index (κ3) is 3.75.